The molecule has 0 N–H and O–H groups in total. The molecule has 0 aliphatic heterocycles. The highest BCUT2D eigenvalue weighted by Crippen LogP contribution is 2.32. The first-order valence-electron chi connectivity index (χ1n) is 14.9. The maximum absolute atomic E-state index is 13.8. The molecule has 0 unspecified atom stereocenters. The van der Waals surface area contributed by atoms with Gasteiger partial charge in [0.05, 0.1) is 43.9 Å². The Morgan fingerprint density at radius 1 is 0.370 bits per heavy atom. The van der Waals surface area contributed by atoms with Crippen LogP contribution in [0, 0.1) is 0 Å². The molecular formula is C39H19N3O4. The van der Waals surface area contributed by atoms with Gasteiger partial charge < -0.3 is 8.80 Å². The molecular weight excluding hydrogens is 574 g/mol. The van der Waals surface area contributed by atoms with Gasteiger partial charge in [-0.3, -0.25) is 24.2 Å². The van der Waals surface area contributed by atoms with Crippen LogP contribution in [-0.2, 0) is 0 Å². The van der Waals surface area contributed by atoms with E-state index in [-0.39, 0.29) is 21.7 Å². The van der Waals surface area contributed by atoms with Gasteiger partial charge >= 0.3 is 0 Å². The van der Waals surface area contributed by atoms with Gasteiger partial charge in [-0.25, -0.2) is 0 Å². The SMILES string of the molecule is O=c1c2ccccc2n2c3cc(-c4ccc5c(=O)c6cncc7c(=O)c8ccccc8n(c5c4)c76)ccc3c(=O)c3cccc1c32. The molecule has 0 saturated carbocycles. The van der Waals surface area contributed by atoms with Crippen LogP contribution in [0.25, 0.3) is 87.3 Å². The molecule has 5 aromatic carbocycles. The van der Waals surface area contributed by atoms with Gasteiger partial charge in [0, 0.05) is 44.7 Å². The summed E-state index contributed by atoms with van der Waals surface area (Å²) in [7, 11) is 0. The summed E-state index contributed by atoms with van der Waals surface area (Å²) in [5.74, 6) is 0. The molecule has 10 rings (SSSR count). The van der Waals surface area contributed by atoms with E-state index in [0.717, 1.165) is 16.6 Å². The average Bonchev–Trinajstić information content (AvgIpc) is 3.10. The number of nitrogens with zero attached hydrogens (tertiary/aromatic N) is 3. The van der Waals surface area contributed by atoms with Crippen LogP contribution in [0.2, 0.25) is 0 Å². The lowest BCUT2D eigenvalue weighted by atomic mass is 9.98. The molecule has 0 aliphatic carbocycles. The Hall–Kier alpha value is -6.47. The van der Waals surface area contributed by atoms with Gasteiger partial charge in [-0.05, 0) is 71.8 Å². The standard InChI is InChI=1S/C39H19N3O4/c43-36-22-6-1-3-10-30(22)41-32-16-20(12-14-24(32)37(44)27-9-5-8-26(36)34(27)41)21-13-15-25-33(17-21)42-31-11-4-2-7-23(31)38(45)28-18-40-19-29(35(28)42)39(25)46/h1-19H. The summed E-state index contributed by atoms with van der Waals surface area (Å²) in [5, 5.41) is 3.94. The summed E-state index contributed by atoms with van der Waals surface area (Å²) in [6.45, 7) is 0. The van der Waals surface area contributed by atoms with Gasteiger partial charge in [0.25, 0.3) is 0 Å². The zero-order chi connectivity index (χ0) is 30.8. The van der Waals surface area contributed by atoms with Crippen molar-refractivity contribution in [1.29, 1.82) is 0 Å². The molecule has 0 fully saturated rings. The number of fused-ring (bicyclic) bond motifs is 8. The lowest BCUT2D eigenvalue weighted by Crippen LogP contribution is -2.14. The van der Waals surface area contributed by atoms with Gasteiger partial charge in [0.15, 0.2) is 21.7 Å². The minimum Gasteiger partial charge on any atom is -0.307 e. The Morgan fingerprint density at radius 2 is 0.761 bits per heavy atom. The number of pyridine rings is 5. The molecule has 0 saturated heterocycles. The second-order valence-electron chi connectivity index (χ2n) is 11.8. The number of hydrogen-bond donors (Lipinski definition) is 0. The van der Waals surface area contributed by atoms with E-state index in [1.165, 1.54) is 12.4 Å². The van der Waals surface area contributed by atoms with Crippen molar-refractivity contribution in [1.82, 2.24) is 13.8 Å². The largest absolute Gasteiger partial charge is 0.307 e. The summed E-state index contributed by atoms with van der Waals surface area (Å²) < 4.78 is 4.01. The molecule has 10 aromatic rings. The van der Waals surface area contributed by atoms with E-state index >= 15 is 0 Å². The van der Waals surface area contributed by atoms with Gasteiger partial charge in [-0.2, -0.15) is 0 Å². The third-order valence-electron chi connectivity index (χ3n) is 9.46. The van der Waals surface area contributed by atoms with E-state index < -0.39 is 0 Å². The van der Waals surface area contributed by atoms with Crippen molar-refractivity contribution in [2.24, 2.45) is 0 Å². The Kier molecular flexibility index (Phi) is 4.65. The number of para-hydroxylation sites is 3. The Balaban J connectivity index is 1.37. The number of aromatic nitrogens is 3. The predicted molar refractivity (Wildman–Crippen MR) is 184 cm³/mol. The first-order valence-corrected chi connectivity index (χ1v) is 14.9. The monoisotopic (exact) mass is 593 g/mol. The van der Waals surface area contributed by atoms with Gasteiger partial charge in [0.1, 0.15) is 0 Å². The molecule has 0 amide bonds. The predicted octanol–water partition coefficient (Wildman–Crippen LogP) is 6.49. The Bertz CT molecular complexity index is 2980. The van der Waals surface area contributed by atoms with Crippen LogP contribution >= 0.6 is 0 Å². The molecule has 0 aliphatic rings. The number of benzene rings is 5. The maximum Gasteiger partial charge on any atom is 0.198 e. The summed E-state index contributed by atoms with van der Waals surface area (Å²) in [5.41, 5.74) is 4.99. The lowest BCUT2D eigenvalue weighted by molar-refractivity contribution is 1.28. The topological polar surface area (TPSA) is 90.0 Å². The second kappa shape index (κ2) is 8.58. The Labute approximate surface area is 257 Å². The van der Waals surface area contributed by atoms with Crippen molar-refractivity contribution >= 4 is 76.2 Å². The first kappa shape index (κ1) is 24.9. The van der Waals surface area contributed by atoms with Crippen molar-refractivity contribution in [3.8, 4) is 11.1 Å². The van der Waals surface area contributed by atoms with E-state index in [0.29, 0.717) is 70.7 Å². The van der Waals surface area contributed by atoms with Crippen molar-refractivity contribution in [2.75, 3.05) is 0 Å². The van der Waals surface area contributed by atoms with E-state index in [1.807, 2.05) is 87.7 Å². The molecule has 46 heavy (non-hydrogen) atoms. The van der Waals surface area contributed by atoms with Crippen LogP contribution in [0.3, 0.4) is 0 Å². The molecule has 5 aromatic heterocycles. The fraction of sp³-hybridized carbons (Fsp3) is 0. The quantitative estimate of drug-likeness (QED) is 0.160. The minimum atomic E-state index is -0.191. The first-order chi connectivity index (χ1) is 22.5. The van der Waals surface area contributed by atoms with Gasteiger partial charge in [-0.15, -0.1) is 0 Å². The van der Waals surface area contributed by atoms with Crippen molar-refractivity contribution in [3.63, 3.8) is 0 Å². The average molecular weight is 594 g/mol. The van der Waals surface area contributed by atoms with Gasteiger partial charge in [0.2, 0.25) is 0 Å². The summed E-state index contributed by atoms with van der Waals surface area (Å²) in [6.07, 6.45) is 3.06. The summed E-state index contributed by atoms with van der Waals surface area (Å²) in [4.78, 5) is 58.8. The Morgan fingerprint density at radius 3 is 1.26 bits per heavy atom. The second-order valence-corrected chi connectivity index (χ2v) is 11.8. The van der Waals surface area contributed by atoms with Crippen LogP contribution < -0.4 is 21.7 Å². The highest BCUT2D eigenvalue weighted by atomic mass is 16.1. The van der Waals surface area contributed by atoms with Crippen molar-refractivity contribution in [2.45, 2.75) is 0 Å². The summed E-state index contributed by atoms with van der Waals surface area (Å²) >= 11 is 0. The molecule has 0 radical (unpaired) electrons. The normalized spacial score (nSPS) is 12.3. The molecule has 7 nitrogen and oxygen atoms in total. The molecule has 7 heteroatoms. The van der Waals surface area contributed by atoms with Crippen LogP contribution in [0.15, 0.2) is 135 Å². The number of rotatable bonds is 1. The van der Waals surface area contributed by atoms with Gasteiger partial charge in [-0.1, -0.05) is 42.5 Å². The fourth-order valence-electron chi connectivity index (χ4n) is 7.40. The third kappa shape index (κ3) is 2.98. The zero-order valence-electron chi connectivity index (χ0n) is 23.9. The highest BCUT2D eigenvalue weighted by molar-refractivity contribution is 6.09. The summed E-state index contributed by atoms with van der Waals surface area (Å²) in [6, 6.07) is 31.6. The maximum atomic E-state index is 13.8. The lowest BCUT2D eigenvalue weighted by Gasteiger charge is -2.16. The van der Waals surface area contributed by atoms with E-state index in [9.17, 15) is 19.2 Å². The van der Waals surface area contributed by atoms with E-state index in [1.54, 1.807) is 24.3 Å². The third-order valence-corrected chi connectivity index (χ3v) is 9.46. The van der Waals surface area contributed by atoms with Crippen LogP contribution in [0.5, 0.6) is 0 Å². The molecule has 5 heterocycles. The fourth-order valence-corrected chi connectivity index (χ4v) is 7.40. The molecule has 0 spiro atoms. The molecule has 214 valence electrons. The van der Waals surface area contributed by atoms with E-state index in [2.05, 4.69) is 4.98 Å². The van der Waals surface area contributed by atoms with Crippen molar-refractivity contribution < 1.29 is 0 Å². The van der Waals surface area contributed by atoms with Crippen LogP contribution in [-0.4, -0.2) is 13.8 Å². The zero-order valence-corrected chi connectivity index (χ0v) is 23.9. The van der Waals surface area contributed by atoms with Crippen LogP contribution in [0.4, 0.5) is 0 Å². The highest BCUT2D eigenvalue weighted by Gasteiger charge is 2.20. The minimum absolute atomic E-state index is 0.106. The molecule has 0 bridgehead atoms. The van der Waals surface area contributed by atoms with Crippen LogP contribution in [0.1, 0.15) is 0 Å². The van der Waals surface area contributed by atoms with Crippen molar-refractivity contribution in [3.05, 3.63) is 156 Å². The molecule has 0 atom stereocenters. The smallest absolute Gasteiger partial charge is 0.198 e. The number of hydrogen-bond acceptors (Lipinski definition) is 5. The van der Waals surface area contributed by atoms with E-state index in [4.69, 9.17) is 0 Å².